The molecule has 11 heteroatoms. The zero-order valence-corrected chi connectivity index (χ0v) is 22.0. The molecule has 10 nitrogen and oxygen atoms in total. The minimum Gasteiger partial charge on any atom is -0.328 e. The number of fused-ring (bicyclic) bond motifs is 1. The number of nitrogens with zero attached hydrogens (tertiary/aromatic N) is 3. The lowest BCUT2D eigenvalue weighted by atomic mass is 10.1. The van der Waals surface area contributed by atoms with Gasteiger partial charge in [0.05, 0.1) is 33.2 Å². The van der Waals surface area contributed by atoms with E-state index in [2.05, 4.69) is 0 Å². The van der Waals surface area contributed by atoms with Crippen molar-refractivity contribution in [1.82, 2.24) is 19.9 Å². The highest BCUT2D eigenvalue weighted by molar-refractivity contribution is 7.91. The Bertz CT molecular complexity index is 1730. The lowest BCUT2D eigenvalue weighted by Gasteiger charge is -2.27. The van der Waals surface area contributed by atoms with Gasteiger partial charge in [-0.3, -0.25) is 24.2 Å². The molecule has 2 heterocycles. The minimum absolute atomic E-state index is 0.175. The van der Waals surface area contributed by atoms with Crippen molar-refractivity contribution in [2.45, 2.75) is 30.3 Å². The van der Waals surface area contributed by atoms with Crippen LogP contribution in [0.5, 0.6) is 0 Å². The van der Waals surface area contributed by atoms with Gasteiger partial charge in [0, 0.05) is 28.8 Å². The Hall–Kier alpha value is -4.35. The van der Waals surface area contributed by atoms with Crippen molar-refractivity contribution in [3.8, 4) is 0 Å². The smallest absolute Gasteiger partial charge is 0.274 e. The summed E-state index contributed by atoms with van der Waals surface area (Å²) in [4.78, 5) is 45.9. The van der Waals surface area contributed by atoms with Gasteiger partial charge in [0.1, 0.15) is 5.82 Å². The van der Waals surface area contributed by atoms with Gasteiger partial charge in [0.2, 0.25) is 0 Å². The second-order valence-corrected chi connectivity index (χ2v) is 11.7. The van der Waals surface area contributed by atoms with E-state index in [-0.39, 0.29) is 23.6 Å². The molecule has 5 rings (SSSR count). The highest BCUT2D eigenvalue weighted by atomic mass is 32.2. The fraction of sp³-hybridized carbons (Fsp3) is 0.214. The summed E-state index contributed by atoms with van der Waals surface area (Å²) < 4.78 is 21.4. The molecule has 3 aromatic carbocycles. The summed E-state index contributed by atoms with van der Waals surface area (Å²) in [7, 11) is -2.90. The van der Waals surface area contributed by atoms with Crippen LogP contribution in [0, 0.1) is 4.78 Å². The Morgan fingerprint density at radius 2 is 1.72 bits per heavy atom. The number of hydrogen-bond donors (Lipinski definition) is 3. The Labute approximate surface area is 224 Å². The molecule has 2 atom stereocenters. The summed E-state index contributed by atoms with van der Waals surface area (Å²) in [6.45, 7) is 0.663. The molecule has 0 spiro atoms. The molecule has 1 saturated heterocycles. The third-order valence-electron chi connectivity index (χ3n) is 6.91. The van der Waals surface area contributed by atoms with Crippen LogP contribution in [0.4, 0.5) is 0 Å². The van der Waals surface area contributed by atoms with Gasteiger partial charge >= 0.3 is 0 Å². The number of carbonyl (C=O) groups is 2. The van der Waals surface area contributed by atoms with Crippen molar-refractivity contribution in [2.24, 2.45) is 0 Å². The van der Waals surface area contributed by atoms with Gasteiger partial charge < -0.3 is 4.90 Å². The highest BCUT2D eigenvalue weighted by Crippen LogP contribution is 2.33. The number of amides is 2. The van der Waals surface area contributed by atoms with E-state index in [0.717, 1.165) is 12.0 Å². The van der Waals surface area contributed by atoms with Crippen LogP contribution in [-0.2, 0) is 16.3 Å². The maximum atomic E-state index is 13.7. The van der Waals surface area contributed by atoms with Crippen LogP contribution >= 0.6 is 0 Å². The van der Waals surface area contributed by atoms with Crippen LogP contribution in [0.15, 0.2) is 82.5 Å². The number of hydrogen-bond acceptors (Lipinski definition) is 7. The third-order valence-corrected chi connectivity index (χ3v) is 8.08. The number of benzene rings is 3. The van der Waals surface area contributed by atoms with Crippen molar-refractivity contribution in [3.63, 3.8) is 0 Å². The molecule has 4 aromatic rings. The van der Waals surface area contributed by atoms with E-state index < -0.39 is 21.7 Å². The Morgan fingerprint density at radius 3 is 2.38 bits per heavy atom. The average Bonchev–Trinajstić information content (AvgIpc) is 3.43. The van der Waals surface area contributed by atoms with E-state index in [9.17, 15) is 18.6 Å². The summed E-state index contributed by atoms with van der Waals surface area (Å²) in [5, 5.41) is 9.34. The molecule has 0 aliphatic carbocycles. The van der Waals surface area contributed by atoms with Gasteiger partial charge in [-0.1, -0.05) is 24.3 Å². The summed E-state index contributed by atoms with van der Waals surface area (Å²) in [6, 6.07) is 19.4. The topological polar surface area (TPSA) is 145 Å². The van der Waals surface area contributed by atoms with E-state index in [1.165, 1.54) is 6.26 Å². The standard InChI is InChI=1S/C28H27N5O5S/c1-39(29,38)21-14-12-20(13-15-21)27(35)32-16-4-7-24(32)25-30-23-6-3-2-5-22(23)28(36)33(25)17-18-8-10-19(11-9-18)26(34)31-37/h2-3,5-6,8-15,24,29,37H,4,7,16-17H2,1H3,(H,31,34)/t24-,39?/m0/s1. The predicted octanol–water partition coefficient (Wildman–Crippen LogP) is 3.58. The second-order valence-electron chi connectivity index (χ2n) is 9.54. The molecular weight excluding hydrogens is 518 g/mol. The quantitative estimate of drug-likeness (QED) is 0.249. The molecule has 1 fully saturated rings. The molecule has 1 aliphatic heterocycles. The molecule has 0 bridgehead atoms. The Kier molecular flexibility index (Phi) is 7.02. The van der Waals surface area contributed by atoms with Crippen LogP contribution in [-0.4, -0.2) is 48.5 Å². The van der Waals surface area contributed by atoms with Gasteiger partial charge in [-0.2, -0.15) is 0 Å². The predicted molar refractivity (Wildman–Crippen MR) is 145 cm³/mol. The van der Waals surface area contributed by atoms with Crippen LogP contribution in [0.25, 0.3) is 10.9 Å². The Morgan fingerprint density at radius 1 is 1.05 bits per heavy atom. The summed E-state index contributed by atoms with van der Waals surface area (Å²) in [5.74, 6) is -0.394. The summed E-state index contributed by atoms with van der Waals surface area (Å²) in [5.41, 5.74) is 3.33. The monoisotopic (exact) mass is 545 g/mol. The van der Waals surface area contributed by atoms with Crippen molar-refractivity contribution in [2.75, 3.05) is 12.8 Å². The van der Waals surface area contributed by atoms with Crippen molar-refractivity contribution < 1.29 is 19.0 Å². The maximum absolute atomic E-state index is 13.7. The first-order chi connectivity index (χ1) is 18.7. The number of hydroxylamine groups is 1. The number of likely N-dealkylation sites (tertiary alicyclic amines) is 1. The average molecular weight is 546 g/mol. The van der Waals surface area contributed by atoms with Gasteiger partial charge in [-0.15, -0.1) is 0 Å². The van der Waals surface area contributed by atoms with E-state index >= 15 is 0 Å². The van der Waals surface area contributed by atoms with Gasteiger partial charge in [0.25, 0.3) is 17.4 Å². The van der Waals surface area contributed by atoms with Crippen LogP contribution in [0.1, 0.15) is 51.0 Å². The zero-order valence-electron chi connectivity index (χ0n) is 21.2. The largest absolute Gasteiger partial charge is 0.328 e. The van der Waals surface area contributed by atoms with Crippen LogP contribution in [0.2, 0.25) is 0 Å². The lowest BCUT2D eigenvalue weighted by Crippen LogP contribution is -2.35. The molecule has 1 aliphatic rings. The molecule has 0 radical (unpaired) electrons. The van der Waals surface area contributed by atoms with Crippen molar-refractivity contribution in [1.29, 1.82) is 4.78 Å². The molecule has 1 aromatic heterocycles. The highest BCUT2D eigenvalue weighted by Gasteiger charge is 2.34. The van der Waals surface area contributed by atoms with Gasteiger partial charge in [-0.25, -0.2) is 19.5 Å². The molecule has 39 heavy (non-hydrogen) atoms. The van der Waals surface area contributed by atoms with Crippen LogP contribution in [0.3, 0.4) is 0 Å². The SMILES string of the molecule is CS(=N)(=O)c1ccc(C(=O)N2CCC[C@H]2c2nc3ccccc3c(=O)n2Cc2ccc(C(=O)NO)cc2)cc1. The third kappa shape index (κ3) is 5.18. The first kappa shape index (κ1) is 26.3. The second kappa shape index (κ2) is 10.4. The van der Waals surface area contributed by atoms with E-state index in [4.69, 9.17) is 15.0 Å². The number of para-hydroxylation sites is 1. The fourth-order valence-corrected chi connectivity index (χ4v) is 5.56. The molecular formula is C28H27N5O5S. The first-order valence-corrected chi connectivity index (χ1v) is 14.3. The van der Waals surface area contributed by atoms with E-state index in [1.54, 1.807) is 81.7 Å². The first-order valence-electron chi connectivity index (χ1n) is 12.3. The van der Waals surface area contributed by atoms with E-state index in [1.807, 2.05) is 6.07 Å². The molecule has 0 saturated carbocycles. The Balaban J connectivity index is 1.54. The summed E-state index contributed by atoms with van der Waals surface area (Å²) in [6.07, 6.45) is 2.69. The van der Waals surface area contributed by atoms with Gasteiger partial charge in [0.15, 0.2) is 0 Å². The van der Waals surface area contributed by atoms with Gasteiger partial charge in [-0.05, 0) is 66.9 Å². The fourth-order valence-electron chi connectivity index (χ4n) is 4.90. The zero-order chi connectivity index (χ0) is 27.7. The lowest BCUT2D eigenvalue weighted by molar-refractivity contribution is 0.0705. The van der Waals surface area contributed by atoms with Crippen LogP contribution < -0.4 is 11.0 Å². The van der Waals surface area contributed by atoms with Crippen molar-refractivity contribution in [3.05, 3.63) is 106 Å². The molecule has 200 valence electrons. The number of nitrogens with one attached hydrogen (secondary N) is 2. The number of aromatic nitrogens is 2. The van der Waals surface area contributed by atoms with E-state index in [0.29, 0.717) is 40.2 Å². The van der Waals surface area contributed by atoms with Crippen molar-refractivity contribution >= 4 is 32.4 Å². The molecule has 3 N–H and O–H groups in total. The summed E-state index contributed by atoms with van der Waals surface area (Å²) >= 11 is 0. The number of rotatable bonds is 6. The molecule has 1 unspecified atom stereocenters. The number of carbonyl (C=O) groups excluding carboxylic acids is 2. The maximum Gasteiger partial charge on any atom is 0.274 e. The normalized spacial score (nSPS) is 16.7. The minimum atomic E-state index is -2.90. The molecule has 2 amide bonds.